The first-order chi connectivity index (χ1) is 22.9. The lowest BCUT2D eigenvalue weighted by atomic mass is 9.75. The fourth-order valence-corrected chi connectivity index (χ4v) is 6.86. The van der Waals surface area contributed by atoms with E-state index < -0.39 is 5.97 Å². The Hall–Kier alpha value is -5.76. The second-order valence-corrected chi connectivity index (χ2v) is 11.8. The molecule has 7 rings (SSSR count). The molecule has 1 aliphatic heterocycles. The summed E-state index contributed by atoms with van der Waals surface area (Å²) in [7, 11) is 2.99. The van der Waals surface area contributed by atoms with Crippen LogP contribution in [-0.4, -0.2) is 26.0 Å². The highest BCUT2D eigenvalue weighted by molar-refractivity contribution is 5.96. The maximum Gasteiger partial charge on any atom is 0.337 e. The summed E-state index contributed by atoms with van der Waals surface area (Å²) in [6.45, 7) is 0.349. The largest absolute Gasteiger partial charge is 0.493 e. The van der Waals surface area contributed by atoms with Crippen LogP contribution in [0.3, 0.4) is 0 Å². The molecule has 0 spiro atoms. The van der Waals surface area contributed by atoms with Gasteiger partial charge in [-0.05, 0) is 77.1 Å². The number of nitrogen functional groups attached to an aromatic ring is 1. The quantitative estimate of drug-likeness (QED) is 0.0877. The van der Waals surface area contributed by atoms with Crippen molar-refractivity contribution in [2.45, 2.75) is 25.0 Å². The summed E-state index contributed by atoms with van der Waals surface area (Å²) in [6.07, 6.45) is 0.841. The van der Waals surface area contributed by atoms with Gasteiger partial charge in [0.05, 0.1) is 25.8 Å². The van der Waals surface area contributed by atoms with E-state index in [9.17, 15) is 4.79 Å². The molecule has 3 atom stereocenters. The number of nitrogens with two attached hydrogens (primary N) is 1. The zero-order chi connectivity index (χ0) is 32.5. The zero-order valence-electron chi connectivity index (χ0n) is 26.2. The van der Waals surface area contributed by atoms with E-state index in [-0.39, 0.29) is 23.7 Å². The Morgan fingerprint density at radius 3 is 2.40 bits per heavy atom. The summed E-state index contributed by atoms with van der Waals surface area (Å²) in [6, 6.07) is 35.0. The van der Waals surface area contributed by atoms with Crippen molar-refractivity contribution in [3.8, 4) is 23.0 Å². The minimum atomic E-state index is -0.445. The van der Waals surface area contributed by atoms with Gasteiger partial charge in [-0.3, -0.25) is 5.41 Å². The highest BCUT2D eigenvalue weighted by Crippen LogP contribution is 2.56. The number of rotatable bonds is 9. The number of carbonyl (C=O) groups excluding carboxylic acids is 1. The molecule has 0 radical (unpaired) electrons. The van der Waals surface area contributed by atoms with E-state index in [0.717, 1.165) is 28.8 Å². The van der Waals surface area contributed by atoms with Gasteiger partial charge in [-0.15, -0.1) is 0 Å². The lowest BCUT2D eigenvalue weighted by Crippen LogP contribution is -2.31. The molecule has 0 bridgehead atoms. The second kappa shape index (κ2) is 12.6. The third-order valence-electron chi connectivity index (χ3n) is 9.06. The normalized spacial score (nSPS) is 17.4. The first-order valence-corrected chi connectivity index (χ1v) is 15.5. The van der Waals surface area contributed by atoms with Crippen LogP contribution in [0, 0.1) is 11.3 Å². The van der Waals surface area contributed by atoms with Crippen LogP contribution in [0.5, 0.6) is 23.0 Å². The molecule has 0 saturated carbocycles. The number of esters is 1. The van der Waals surface area contributed by atoms with Crippen molar-refractivity contribution in [3.05, 3.63) is 148 Å². The van der Waals surface area contributed by atoms with Crippen molar-refractivity contribution >= 4 is 17.5 Å². The number of methoxy groups -OCH3 is 2. The highest BCUT2D eigenvalue weighted by atomic mass is 16.5. The van der Waals surface area contributed by atoms with Crippen LogP contribution in [-0.2, 0) is 17.8 Å². The summed E-state index contributed by atoms with van der Waals surface area (Å²) in [4.78, 5) is 12.4. The van der Waals surface area contributed by atoms with Crippen LogP contribution in [0.25, 0.3) is 0 Å². The van der Waals surface area contributed by atoms with Gasteiger partial charge in [-0.25, -0.2) is 4.79 Å². The molecule has 0 fully saturated rings. The third-order valence-corrected chi connectivity index (χ3v) is 9.06. The van der Waals surface area contributed by atoms with E-state index in [1.165, 1.54) is 18.2 Å². The average molecular weight is 626 g/mol. The van der Waals surface area contributed by atoms with E-state index >= 15 is 0 Å². The van der Waals surface area contributed by atoms with Crippen molar-refractivity contribution in [3.63, 3.8) is 0 Å². The average Bonchev–Trinajstić information content (AvgIpc) is 3.50. The molecule has 1 aliphatic carbocycles. The van der Waals surface area contributed by atoms with Crippen LogP contribution in [0.2, 0.25) is 0 Å². The molecule has 5 aromatic carbocycles. The van der Waals surface area contributed by atoms with Gasteiger partial charge >= 0.3 is 5.97 Å². The molecule has 4 N–H and O–H groups in total. The van der Waals surface area contributed by atoms with Crippen molar-refractivity contribution in [1.29, 1.82) is 5.41 Å². The molecular formula is C39H35N3O5. The lowest BCUT2D eigenvalue weighted by molar-refractivity contribution is 0.0600. The molecule has 0 amide bonds. The van der Waals surface area contributed by atoms with Gasteiger partial charge in [0.25, 0.3) is 0 Å². The molecule has 2 aliphatic rings. The standard InChI is InChI=1S/C39H35N3O5/c1-44-34-20-30(37-31-18-24-11-6-7-14-28(24)36(31)29-19-25(38(40)41)15-16-32(29)42-37)33(21-35(34)46-22-23-9-4-3-5-10-23)47-27-13-8-12-26(17-27)39(43)45-2/h3-17,19-21,31,36-37,42H,18,22H2,1-2H3,(H3,40,41). The smallest absolute Gasteiger partial charge is 0.337 e. The lowest BCUT2D eigenvalue weighted by Gasteiger charge is -2.39. The second-order valence-electron chi connectivity index (χ2n) is 11.8. The number of nitrogens with one attached hydrogen (secondary N) is 2. The van der Waals surface area contributed by atoms with Gasteiger partial charge in [0.1, 0.15) is 23.9 Å². The Kier molecular flexibility index (Phi) is 8.00. The number of ether oxygens (including phenoxy) is 4. The van der Waals surface area contributed by atoms with Crippen LogP contribution in [0.1, 0.15) is 55.7 Å². The molecule has 5 aromatic rings. The minimum absolute atomic E-state index is 0.0402. The Morgan fingerprint density at radius 2 is 1.62 bits per heavy atom. The number of carbonyl (C=O) groups is 1. The summed E-state index contributed by atoms with van der Waals surface area (Å²) >= 11 is 0. The topological polar surface area (TPSA) is 116 Å². The Labute approximate surface area is 273 Å². The van der Waals surface area contributed by atoms with E-state index in [1.54, 1.807) is 25.3 Å². The summed E-state index contributed by atoms with van der Waals surface area (Å²) in [5, 5.41) is 11.9. The van der Waals surface area contributed by atoms with Gasteiger partial charge in [0, 0.05) is 28.8 Å². The first kappa shape index (κ1) is 29.9. The van der Waals surface area contributed by atoms with E-state index in [0.29, 0.717) is 40.7 Å². The molecule has 236 valence electrons. The number of hydrogen-bond donors (Lipinski definition) is 3. The van der Waals surface area contributed by atoms with Gasteiger partial charge in [-0.1, -0.05) is 60.7 Å². The maximum absolute atomic E-state index is 12.4. The van der Waals surface area contributed by atoms with Crippen molar-refractivity contribution in [2.24, 2.45) is 11.7 Å². The van der Waals surface area contributed by atoms with E-state index in [4.69, 9.17) is 30.1 Å². The Balaban J connectivity index is 1.35. The Morgan fingerprint density at radius 1 is 0.809 bits per heavy atom. The number of benzene rings is 5. The molecule has 8 heteroatoms. The third kappa shape index (κ3) is 5.74. The van der Waals surface area contributed by atoms with Gasteiger partial charge in [0.2, 0.25) is 0 Å². The summed E-state index contributed by atoms with van der Waals surface area (Å²) < 4.78 is 23.8. The fraction of sp³-hybridized carbons (Fsp3) is 0.179. The first-order valence-electron chi connectivity index (χ1n) is 15.5. The van der Waals surface area contributed by atoms with Crippen molar-refractivity contribution in [2.75, 3.05) is 19.5 Å². The number of amidine groups is 1. The van der Waals surface area contributed by atoms with E-state index in [2.05, 4.69) is 29.6 Å². The molecule has 0 saturated heterocycles. The summed E-state index contributed by atoms with van der Waals surface area (Å²) in [5.74, 6) is 1.96. The van der Waals surface area contributed by atoms with Gasteiger partial charge < -0.3 is 30.0 Å². The monoisotopic (exact) mass is 625 g/mol. The van der Waals surface area contributed by atoms with Crippen LogP contribution in [0.4, 0.5) is 5.69 Å². The van der Waals surface area contributed by atoms with Crippen LogP contribution >= 0.6 is 0 Å². The van der Waals surface area contributed by atoms with Gasteiger partial charge in [0.15, 0.2) is 11.5 Å². The van der Waals surface area contributed by atoms with E-state index in [1.807, 2.05) is 66.7 Å². The maximum atomic E-state index is 12.4. The van der Waals surface area contributed by atoms with Crippen molar-refractivity contribution < 1.29 is 23.7 Å². The van der Waals surface area contributed by atoms with Crippen LogP contribution < -0.4 is 25.3 Å². The van der Waals surface area contributed by atoms with Crippen LogP contribution in [0.15, 0.2) is 109 Å². The molecule has 1 heterocycles. The predicted molar refractivity (Wildman–Crippen MR) is 181 cm³/mol. The zero-order valence-corrected chi connectivity index (χ0v) is 26.2. The predicted octanol–water partition coefficient (Wildman–Crippen LogP) is 7.61. The molecule has 8 nitrogen and oxygen atoms in total. The summed E-state index contributed by atoms with van der Waals surface area (Å²) in [5.41, 5.74) is 13.6. The van der Waals surface area contributed by atoms with Crippen molar-refractivity contribution in [1.82, 2.24) is 0 Å². The number of anilines is 1. The minimum Gasteiger partial charge on any atom is -0.493 e. The Bertz CT molecular complexity index is 1980. The molecule has 3 unspecified atom stereocenters. The fourth-order valence-electron chi connectivity index (χ4n) is 6.86. The van der Waals surface area contributed by atoms with Gasteiger partial charge in [-0.2, -0.15) is 0 Å². The highest BCUT2D eigenvalue weighted by Gasteiger charge is 2.44. The molecule has 0 aromatic heterocycles. The SMILES string of the molecule is COC(=O)c1cccc(Oc2cc(OCc3ccccc3)c(OC)cc2C2Nc3ccc(C(=N)N)cc3C3c4ccccc4CC23)c1. The number of fused-ring (bicyclic) bond motifs is 5. The number of hydrogen-bond acceptors (Lipinski definition) is 7. The molecule has 47 heavy (non-hydrogen) atoms. The molecular weight excluding hydrogens is 590 g/mol.